The molecule has 2 aromatic rings. The van der Waals surface area contributed by atoms with E-state index in [-0.39, 0.29) is 0 Å². The molecule has 0 radical (unpaired) electrons. The monoisotopic (exact) mass is 282 g/mol. The molecule has 1 aliphatic carbocycles. The molecule has 0 saturated heterocycles. The maximum atomic E-state index is 5.88. The second-order valence-electron chi connectivity index (χ2n) is 6.64. The highest BCUT2D eigenvalue weighted by molar-refractivity contribution is 5.85. The Kier molecular flexibility index (Phi) is 4.57. The molecule has 0 heterocycles. The Bertz CT molecular complexity index is 580. The van der Waals surface area contributed by atoms with Crippen molar-refractivity contribution in [2.24, 2.45) is 17.7 Å². The van der Waals surface area contributed by atoms with Crippen molar-refractivity contribution >= 4 is 10.8 Å². The van der Waals surface area contributed by atoms with Gasteiger partial charge in [0, 0.05) is 6.04 Å². The highest BCUT2D eigenvalue weighted by atomic mass is 15.2. The largest absolute Gasteiger partial charge is 0.271 e. The second kappa shape index (κ2) is 6.59. The summed E-state index contributed by atoms with van der Waals surface area (Å²) in [4.78, 5) is 0. The first-order valence-electron chi connectivity index (χ1n) is 8.20. The molecule has 1 unspecified atom stereocenters. The molecule has 1 atom stereocenters. The predicted octanol–water partition coefficient (Wildman–Crippen LogP) is 4.04. The van der Waals surface area contributed by atoms with Crippen molar-refractivity contribution in [2.75, 3.05) is 0 Å². The Balaban J connectivity index is 1.79. The van der Waals surface area contributed by atoms with E-state index in [1.165, 1.54) is 42.0 Å². The summed E-state index contributed by atoms with van der Waals surface area (Å²) in [5.74, 6) is 7.48. The van der Waals surface area contributed by atoms with Gasteiger partial charge in [-0.2, -0.15) is 0 Å². The zero-order valence-corrected chi connectivity index (χ0v) is 12.9. The lowest BCUT2D eigenvalue weighted by Crippen LogP contribution is -2.43. The van der Waals surface area contributed by atoms with Gasteiger partial charge in [-0.05, 0) is 47.4 Å². The fourth-order valence-electron chi connectivity index (χ4n) is 3.76. The van der Waals surface area contributed by atoms with E-state index in [0.29, 0.717) is 12.0 Å². The van der Waals surface area contributed by atoms with E-state index >= 15 is 0 Å². The van der Waals surface area contributed by atoms with Gasteiger partial charge in [0.25, 0.3) is 0 Å². The van der Waals surface area contributed by atoms with Crippen LogP contribution in [0.1, 0.15) is 38.2 Å². The van der Waals surface area contributed by atoms with Crippen molar-refractivity contribution in [1.82, 2.24) is 5.43 Å². The lowest BCUT2D eigenvalue weighted by atomic mass is 9.77. The first-order chi connectivity index (χ1) is 10.3. The summed E-state index contributed by atoms with van der Waals surface area (Å²) in [6.07, 6.45) is 6.33. The van der Waals surface area contributed by atoms with Gasteiger partial charge in [-0.15, -0.1) is 0 Å². The molecule has 0 amide bonds. The fraction of sp³-hybridized carbons (Fsp3) is 0.474. The quantitative estimate of drug-likeness (QED) is 0.656. The van der Waals surface area contributed by atoms with Gasteiger partial charge < -0.3 is 0 Å². The van der Waals surface area contributed by atoms with Crippen LogP contribution in [0.15, 0.2) is 42.5 Å². The van der Waals surface area contributed by atoms with Gasteiger partial charge >= 0.3 is 0 Å². The van der Waals surface area contributed by atoms with Crippen LogP contribution in [0.4, 0.5) is 0 Å². The average Bonchev–Trinajstić information content (AvgIpc) is 2.54. The third-order valence-corrected chi connectivity index (χ3v) is 5.16. The highest BCUT2D eigenvalue weighted by Gasteiger charge is 2.25. The van der Waals surface area contributed by atoms with Crippen molar-refractivity contribution in [1.29, 1.82) is 0 Å². The van der Waals surface area contributed by atoms with Crippen LogP contribution in [0.25, 0.3) is 10.8 Å². The summed E-state index contributed by atoms with van der Waals surface area (Å²) in [5.41, 5.74) is 4.51. The number of hydrogen-bond acceptors (Lipinski definition) is 2. The van der Waals surface area contributed by atoms with Crippen molar-refractivity contribution < 1.29 is 0 Å². The summed E-state index contributed by atoms with van der Waals surface area (Å²) in [7, 11) is 0. The number of hydrogen-bond donors (Lipinski definition) is 2. The molecule has 0 aromatic heterocycles. The van der Waals surface area contributed by atoms with Crippen LogP contribution in [0, 0.1) is 11.8 Å². The minimum Gasteiger partial charge on any atom is -0.271 e. The number of benzene rings is 2. The Morgan fingerprint density at radius 3 is 2.52 bits per heavy atom. The Hall–Kier alpha value is -1.38. The van der Waals surface area contributed by atoms with Crippen LogP contribution in [0.3, 0.4) is 0 Å². The van der Waals surface area contributed by atoms with E-state index < -0.39 is 0 Å². The van der Waals surface area contributed by atoms with E-state index in [1.807, 2.05) is 0 Å². The van der Waals surface area contributed by atoms with Gasteiger partial charge in [-0.25, -0.2) is 0 Å². The summed E-state index contributed by atoms with van der Waals surface area (Å²) < 4.78 is 0. The van der Waals surface area contributed by atoms with Gasteiger partial charge in [-0.1, -0.05) is 62.2 Å². The molecule has 3 rings (SSSR count). The Morgan fingerprint density at radius 2 is 1.76 bits per heavy atom. The molecular weight excluding hydrogens is 256 g/mol. The van der Waals surface area contributed by atoms with Crippen molar-refractivity contribution in [2.45, 2.75) is 45.1 Å². The lowest BCUT2D eigenvalue weighted by Gasteiger charge is -2.32. The maximum Gasteiger partial charge on any atom is 0.0279 e. The molecule has 0 bridgehead atoms. The molecule has 112 valence electrons. The Morgan fingerprint density at radius 1 is 1.05 bits per heavy atom. The van der Waals surface area contributed by atoms with E-state index in [9.17, 15) is 0 Å². The van der Waals surface area contributed by atoms with E-state index in [0.717, 1.165) is 12.3 Å². The van der Waals surface area contributed by atoms with Crippen LogP contribution >= 0.6 is 0 Å². The van der Waals surface area contributed by atoms with Crippen LogP contribution in [0.2, 0.25) is 0 Å². The molecule has 3 N–H and O–H groups in total. The smallest absolute Gasteiger partial charge is 0.0279 e. The highest BCUT2D eigenvalue weighted by Crippen LogP contribution is 2.32. The molecule has 2 nitrogen and oxygen atoms in total. The number of fused-ring (bicyclic) bond motifs is 1. The molecule has 2 aromatic carbocycles. The average molecular weight is 282 g/mol. The van der Waals surface area contributed by atoms with Gasteiger partial charge in [0.1, 0.15) is 0 Å². The van der Waals surface area contributed by atoms with Crippen molar-refractivity contribution in [3.05, 3.63) is 48.0 Å². The molecular formula is C19H26N2. The molecule has 1 aliphatic rings. The summed E-state index contributed by atoms with van der Waals surface area (Å²) in [6.45, 7) is 2.37. The van der Waals surface area contributed by atoms with Gasteiger partial charge in [0.15, 0.2) is 0 Å². The van der Waals surface area contributed by atoms with Crippen LogP contribution in [-0.2, 0) is 6.42 Å². The van der Waals surface area contributed by atoms with E-state index in [4.69, 9.17) is 5.84 Å². The van der Waals surface area contributed by atoms with E-state index in [2.05, 4.69) is 54.8 Å². The third kappa shape index (κ3) is 3.28. The zero-order chi connectivity index (χ0) is 14.7. The van der Waals surface area contributed by atoms with Gasteiger partial charge in [0.2, 0.25) is 0 Å². The van der Waals surface area contributed by atoms with Gasteiger partial charge in [0.05, 0.1) is 0 Å². The molecule has 2 heteroatoms. The van der Waals surface area contributed by atoms with E-state index in [1.54, 1.807) is 0 Å². The first kappa shape index (κ1) is 14.6. The number of nitrogens with one attached hydrogen (secondary N) is 1. The van der Waals surface area contributed by atoms with Crippen LogP contribution < -0.4 is 11.3 Å². The summed E-state index contributed by atoms with van der Waals surface area (Å²) in [5, 5.41) is 2.69. The SMILES string of the molecule is CC1CCC(C(Cc2cccc3ccccc23)NN)CC1. The predicted molar refractivity (Wildman–Crippen MR) is 89.9 cm³/mol. The fourth-order valence-corrected chi connectivity index (χ4v) is 3.76. The summed E-state index contributed by atoms with van der Waals surface area (Å²) >= 11 is 0. The van der Waals surface area contributed by atoms with Crippen LogP contribution in [-0.4, -0.2) is 6.04 Å². The van der Waals surface area contributed by atoms with Crippen LogP contribution in [0.5, 0.6) is 0 Å². The Labute approximate surface area is 127 Å². The molecule has 0 aliphatic heterocycles. The minimum atomic E-state index is 0.392. The number of rotatable bonds is 4. The van der Waals surface area contributed by atoms with Crippen molar-refractivity contribution in [3.8, 4) is 0 Å². The topological polar surface area (TPSA) is 38.0 Å². The normalized spacial score (nSPS) is 24.1. The second-order valence-corrected chi connectivity index (χ2v) is 6.64. The van der Waals surface area contributed by atoms with Gasteiger partial charge in [-0.3, -0.25) is 11.3 Å². The maximum absolute atomic E-state index is 5.88. The lowest BCUT2D eigenvalue weighted by molar-refractivity contribution is 0.230. The van der Waals surface area contributed by atoms with Crippen molar-refractivity contribution in [3.63, 3.8) is 0 Å². The third-order valence-electron chi connectivity index (χ3n) is 5.16. The summed E-state index contributed by atoms with van der Waals surface area (Å²) in [6, 6.07) is 15.6. The minimum absolute atomic E-state index is 0.392. The molecule has 1 fully saturated rings. The first-order valence-corrected chi connectivity index (χ1v) is 8.20. The molecule has 1 saturated carbocycles. The molecule has 21 heavy (non-hydrogen) atoms. The molecule has 0 spiro atoms. The number of nitrogens with two attached hydrogens (primary N) is 1. The standard InChI is InChI=1S/C19H26N2/c1-14-9-11-16(12-10-14)19(21-20)13-17-7-4-6-15-5-2-3-8-18(15)17/h2-8,14,16,19,21H,9-13,20H2,1H3. The zero-order valence-electron chi connectivity index (χ0n) is 12.9. The number of hydrazine groups is 1.